The number of carbonyl (C=O) groups is 1. The normalized spacial score (nSPS) is 11.0. The van der Waals surface area contributed by atoms with Crippen molar-refractivity contribution < 1.29 is 4.79 Å². The third-order valence-electron chi connectivity index (χ3n) is 4.24. The van der Waals surface area contributed by atoms with Gasteiger partial charge in [-0.2, -0.15) is 0 Å². The molecule has 0 saturated heterocycles. The number of aromatic nitrogens is 1. The Morgan fingerprint density at radius 1 is 1.09 bits per heavy atom. The van der Waals surface area contributed by atoms with Gasteiger partial charge in [-0.1, -0.05) is 51.3 Å². The molecule has 120 valence electrons. The molecule has 0 aliphatic carbocycles. The molecule has 3 nitrogen and oxygen atoms in total. The number of nitrogens with zero attached hydrogens (tertiary/aromatic N) is 1. The molecule has 1 amide bonds. The molecule has 1 aromatic heterocycles. The van der Waals surface area contributed by atoms with Gasteiger partial charge in [-0.3, -0.25) is 4.79 Å². The van der Waals surface area contributed by atoms with Crippen LogP contribution in [0, 0.1) is 6.92 Å². The van der Waals surface area contributed by atoms with Crippen molar-refractivity contribution >= 4 is 16.8 Å². The van der Waals surface area contributed by atoms with Crippen LogP contribution in [0.1, 0.15) is 62.0 Å². The van der Waals surface area contributed by atoms with Gasteiger partial charge >= 0.3 is 0 Å². The van der Waals surface area contributed by atoms with Gasteiger partial charge in [0.05, 0.1) is 0 Å². The molecular formula is C19H28N2O. The van der Waals surface area contributed by atoms with Gasteiger partial charge in [0, 0.05) is 24.0 Å². The second kappa shape index (κ2) is 8.02. The van der Waals surface area contributed by atoms with E-state index in [9.17, 15) is 4.79 Å². The van der Waals surface area contributed by atoms with E-state index in [1.807, 2.05) is 12.1 Å². The van der Waals surface area contributed by atoms with Crippen LogP contribution in [0.5, 0.6) is 0 Å². The van der Waals surface area contributed by atoms with Crippen molar-refractivity contribution in [1.29, 1.82) is 0 Å². The second-order valence-electron chi connectivity index (χ2n) is 5.96. The minimum Gasteiger partial charge on any atom is -0.351 e. The van der Waals surface area contributed by atoms with Crippen molar-refractivity contribution in [3.8, 4) is 0 Å². The zero-order valence-electron chi connectivity index (χ0n) is 14.1. The fraction of sp³-hybridized carbons (Fsp3) is 0.526. The van der Waals surface area contributed by atoms with Crippen molar-refractivity contribution in [3.05, 3.63) is 35.5 Å². The van der Waals surface area contributed by atoms with Crippen LogP contribution in [0.25, 0.3) is 10.9 Å². The van der Waals surface area contributed by atoms with Crippen molar-refractivity contribution in [2.45, 2.75) is 59.4 Å². The number of unbranched alkanes of at least 4 members (excludes halogenated alkanes) is 3. The predicted octanol–water partition coefficient (Wildman–Crippen LogP) is 4.67. The lowest BCUT2D eigenvalue weighted by atomic mass is 10.1. The van der Waals surface area contributed by atoms with Crippen LogP contribution < -0.4 is 5.32 Å². The van der Waals surface area contributed by atoms with Gasteiger partial charge in [0.2, 0.25) is 0 Å². The van der Waals surface area contributed by atoms with Crippen molar-refractivity contribution in [2.24, 2.45) is 0 Å². The highest BCUT2D eigenvalue weighted by Crippen LogP contribution is 2.26. The monoisotopic (exact) mass is 300 g/mol. The van der Waals surface area contributed by atoms with Crippen LogP contribution in [0.4, 0.5) is 0 Å². The Hall–Kier alpha value is -1.77. The molecule has 2 rings (SSSR count). The van der Waals surface area contributed by atoms with Crippen molar-refractivity contribution in [2.75, 3.05) is 6.54 Å². The Kier molecular flexibility index (Phi) is 6.05. The van der Waals surface area contributed by atoms with Crippen LogP contribution in [0.15, 0.2) is 24.3 Å². The first kappa shape index (κ1) is 16.6. The summed E-state index contributed by atoms with van der Waals surface area (Å²) in [7, 11) is 0. The van der Waals surface area contributed by atoms with E-state index in [0.717, 1.165) is 50.0 Å². The first-order valence-electron chi connectivity index (χ1n) is 8.56. The van der Waals surface area contributed by atoms with Crippen molar-refractivity contribution in [3.63, 3.8) is 0 Å². The zero-order valence-corrected chi connectivity index (χ0v) is 14.1. The number of rotatable bonds is 8. The molecule has 1 N–H and O–H groups in total. The van der Waals surface area contributed by atoms with Gasteiger partial charge in [-0.05, 0) is 31.4 Å². The molecule has 0 unspecified atom stereocenters. The lowest BCUT2D eigenvalue weighted by molar-refractivity contribution is 0.0943. The van der Waals surface area contributed by atoms with Crippen LogP contribution in [-0.2, 0) is 6.54 Å². The van der Waals surface area contributed by atoms with E-state index >= 15 is 0 Å². The number of hydrogen-bond donors (Lipinski definition) is 1. The summed E-state index contributed by atoms with van der Waals surface area (Å²) in [4.78, 5) is 12.7. The second-order valence-corrected chi connectivity index (χ2v) is 5.96. The molecule has 0 aliphatic heterocycles. The number of fused-ring (bicyclic) bond motifs is 1. The summed E-state index contributed by atoms with van der Waals surface area (Å²) in [5.41, 5.74) is 3.11. The van der Waals surface area contributed by atoms with Crippen LogP contribution in [-0.4, -0.2) is 17.0 Å². The zero-order chi connectivity index (χ0) is 15.9. The lowest BCUT2D eigenvalue weighted by Gasteiger charge is -2.11. The Labute approximate surface area is 133 Å². The lowest BCUT2D eigenvalue weighted by Crippen LogP contribution is -2.27. The highest BCUT2D eigenvalue weighted by molar-refractivity contribution is 6.01. The quantitative estimate of drug-likeness (QED) is 0.706. The van der Waals surface area contributed by atoms with E-state index in [-0.39, 0.29) is 5.91 Å². The van der Waals surface area contributed by atoms with Gasteiger partial charge in [0.15, 0.2) is 0 Å². The van der Waals surface area contributed by atoms with Crippen molar-refractivity contribution in [1.82, 2.24) is 9.88 Å². The van der Waals surface area contributed by atoms with Crippen LogP contribution >= 0.6 is 0 Å². The average molecular weight is 300 g/mol. The van der Waals surface area contributed by atoms with Gasteiger partial charge in [-0.25, -0.2) is 0 Å². The maximum Gasteiger partial charge on any atom is 0.268 e. The summed E-state index contributed by atoms with van der Waals surface area (Å²) in [5, 5.41) is 4.28. The Morgan fingerprint density at radius 3 is 2.55 bits per heavy atom. The molecule has 3 heteroatoms. The fourth-order valence-corrected chi connectivity index (χ4v) is 2.98. The van der Waals surface area contributed by atoms with E-state index in [4.69, 9.17) is 0 Å². The molecule has 0 radical (unpaired) electrons. The van der Waals surface area contributed by atoms with Crippen LogP contribution in [0.3, 0.4) is 0 Å². The van der Waals surface area contributed by atoms with E-state index in [1.54, 1.807) is 0 Å². The molecule has 22 heavy (non-hydrogen) atoms. The first-order valence-corrected chi connectivity index (χ1v) is 8.56. The minimum atomic E-state index is 0.0703. The first-order chi connectivity index (χ1) is 10.7. The van der Waals surface area contributed by atoms with E-state index < -0.39 is 0 Å². The van der Waals surface area contributed by atoms with Gasteiger partial charge < -0.3 is 9.88 Å². The number of nitrogens with one attached hydrogen (secondary N) is 1. The molecule has 0 atom stereocenters. The van der Waals surface area contributed by atoms with E-state index in [1.165, 1.54) is 17.3 Å². The minimum absolute atomic E-state index is 0.0703. The number of hydrogen-bond acceptors (Lipinski definition) is 1. The Balaban J connectivity index is 2.30. The standard InChI is InChI=1S/C19H28N2O/c1-4-6-10-13-20-19(22)18-15(3)16-11-8-9-12-17(16)21(18)14-7-5-2/h8-9,11-12H,4-7,10,13-14H2,1-3H3,(H,20,22). The number of benzene rings is 1. The number of carbonyl (C=O) groups excluding carboxylic acids is 1. The number of amides is 1. The highest BCUT2D eigenvalue weighted by Gasteiger charge is 2.19. The average Bonchev–Trinajstić information content (AvgIpc) is 2.82. The SMILES string of the molecule is CCCCCNC(=O)c1c(C)c2ccccc2n1CCCC. The summed E-state index contributed by atoms with van der Waals surface area (Å²) in [6.07, 6.45) is 5.61. The Morgan fingerprint density at radius 2 is 1.82 bits per heavy atom. The maximum atomic E-state index is 12.7. The van der Waals surface area contributed by atoms with Gasteiger partial charge in [-0.15, -0.1) is 0 Å². The number of para-hydroxylation sites is 1. The molecule has 0 bridgehead atoms. The smallest absolute Gasteiger partial charge is 0.268 e. The summed E-state index contributed by atoms with van der Waals surface area (Å²) in [6.45, 7) is 8.09. The largest absolute Gasteiger partial charge is 0.351 e. The third-order valence-corrected chi connectivity index (χ3v) is 4.24. The van der Waals surface area contributed by atoms with Gasteiger partial charge in [0.1, 0.15) is 5.69 Å². The third kappa shape index (κ3) is 3.52. The number of aryl methyl sites for hydroxylation is 2. The summed E-state index contributed by atoms with van der Waals surface area (Å²) < 4.78 is 2.20. The summed E-state index contributed by atoms with van der Waals surface area (Å²) in [5.74, 6) is 0.0703. The molecule has 0 spiro atoms. The molecule has 0 fully saturated rings. The molecular weight excluding hydrogens is 272 g/mol. The summed E-state index contributed by atoms with van der Waals surface area (Å²) >= 11 is 0. The van der Waals surface area contributed by atoms with Gasteiger partial charge in [0.25, 0.3) is 5.91 Å². The summed E-state index contributed by atoms with van der Waals surface area (Å²) in [6, 6.07) is 8.32. The predicted molar refractivity (Wildman–Crippen MR) is 93.4 cm³/mol. The van der Waals surface area contributed by atoms with Crippen LogP contribution in [0.2, 0.25) is 0 Å². The molecule has 1 aromatic carbocycles. The maximum absolute atomic E-state index is 12.7. The van der Waals surface area contributed by atoms with E-state index in [0.29, 0.717) is 0 Å². The topological polar surface area (TPSA) is 34.0 Å². The molecule has 0 aliphatic rings. The fourth-order valence-electron chi connectivity index (χ4n) is 2.98. The molecule has 2 aromatic rings. The molecule has 0 saturated carbocycles. The highest BCUT2D eigenvalue weighted by atomic mass is 16.1. The van der Waals surface area contributed by atoms with E-state index in [2.05, 4.69) is 42.8 Å². The Bertz CT molecular complexity index is 628. The molecule has 1 heterocycles.